The lowest BCUT2D eigenvalue weighted by Crippen LogP contribution is -2.17. The molecular weight excluding hydrogens is 316 g/mol. The lowest BCUT2D eigenvalue weighted by Gasteiger charge is -2.17. The van der Waals surface area contributed by atoms with E-state index < -0.39 is 0 Å². The average Bonchev–Trinajstić information content (AvgIpc) is 2.63. The van der Waals surface area contributed by atoms with Crippen molar-refractivity contribution >= 4 is 0 Å². The average molecular weight is 351 g/mol. The lowest BCUT2D eigenvalue weighted by atomic mass is 9.93. The monoisotopic (exact) mass is 350 g/mol. The summed E-state index contributed by atoms with van der Waals surface area (Å²) in [4.78, 5) is 5.00. The standard InChI is InChI=1S/C24H34N2/c1-7-11-17(4)15-25-16-22-18(5)14-23(26-19(22)6)24-20(8-2)12-10-13-21(24)9-3/h10-14,25H,7-9,15-16H2,1-6H3. The topological polar surface area (TPSA) is 24.9 Å². The third-order valence-corrected chi connectivity index (χ3v) is 5.07. The van der Waals surface area contributed by atoms with Crippen molar-refractivity contribution in [2.75, 3.05) is 6.54 Å². The highest BCUT2D eigenvalue weighted by molar-refractivity contribution is 5.69. The van der Waals surface area contributed by atoms with Gasteiger partial charge in [-0.05, 0) is 68.4 Å². The van der Waals surface area contributed by atoms with Gasteiger partial charge in [-0.15, -0.1) is 0 Å². The Morgan fingerprint density at radius 3 is 2.27 bits per heavy atom. The van der Waals surface area contributed by atoms with Crippen LogP contribution in [0.3, 0.4) is 0 Å². The number of rotatable bonds is 8. The van der Waals surface area contributed by atoms with Crippen molar-refractivity contribution in [1.29, 1.82) is 0 Å². The molecule has 140 valence electrons. The van der Waals surface area contributed by atoms with Crippen molar-refractivity contribution in [3.05, 3.63) is 63.9 Å². The van der Waals surface area contributed by atoms with Crippen molar-refractivity contribution in [3.63, 3.8) is 0 Å². The van der Waals surface area contributed by atoms with Crippen molar-refractivity contribution in [2.45, 2.75) is 67.3 Å². The molecule has 0 unspecified atom stereocenters. The van der Waals surface area contributed by atoms with Gasteiger partial charge in [-0.1, -0.05) is 50.6 Å². The summed E-state index contributed by atoms with van der Waals surface area (Å²) >= 11 is 0. The fourth-order valence-corrected chi connectivity index (χ4v) is 3.63. The summed E-state index contributed by atoms with van der Waals surface area (Å²) in [6.45, 7) is 15.0. The second-order valence-electron chi connectivity index (χ2n) is 7.11. The van der Waals surface area contributed by atoms with Gasteiger partial charge < -0.3 is 5.32 Å². The Bertz CT molecular complexity index is 727. The summed E-state index contributed by atoms with van der Waals surface area (Å²) < 4.78 is 0. The van der Waals surface area contributed by atoms with Crippen molar-refractivity contribution in [3.8, 4) is 11.3 Å². The molecule has 0 aliphatic heterocycles. The van der Waals surface area contributed by atoms with Crippen LogP contribution in [0, 0.1) is 13.8 Å². The van der Waals surface area contributed by atoms with Crippen LogP contribution in [0.5, 0.6) is 0 Å². The van der Waals surface area contributed by atoms with Crippen LogP contribution in [0.15, 0.2) is 35.9 Å². The third-order valence-electron chi connectivity index (χ3n) is 5.07. The van der Waals surface area contributed by atoms with Gasteiger partial charge >= 0.3 is 0 Å². The van der Waals surface area contributed by atoms with Gasteiger partial charge in [0.05, 0.1) is 5.69 Å². The molecule has 26 heavy (non-hydrogen) atoms. The zero-order chi connectivity index (χ0) is 19.1. The molecule has 1 aromatic heterocycles. The quantitative estimate of drug-likeness (QED) is 0.596. The van der Waals surface area contributed by atoms with Crippen LogP contribution >= 0.6 is 0 Å². The first-order valence-corrected chi connectivity index (χ1v) is 9.96. The molecule has 0 amide bonds. The Kier molecular flexibility index (Phi) is 7.59. The van der Waals surface area contributed by atoms with E-state index in [-0.39, 0.29) is 0 Å². The summed E-state index contributed by atoms with van der Waals surface area (Å²) in [5, 5.41) is 3.56. The number of benzene rings is 1. The smallest absolute Gasteiger partial charge is 0.0713 e. The van der Waals surface area contributed by atoms with Crippen LogP contribution in [0.25, 0.3) is 11.3 Å². The van der Waals surface area contributed by atoms with Gasteiger partial charge in [-0.3, -0.25) is 4.98 Å². The summed E-state index contributed by atoms with van der Waals surface area (Å²) in [6.07, 6.45) is 5.45. The molecule has 0 aliphatic rings. The maximum absolute atomic E-state index is 5.00. The Morgan fingerprint density at radius 2 is 1.73 bits per heavy atom. The van der Waals surface area contributed by atoms with Gasteiger partial charge in [-0.25, -0.2) is 0 Å². The van der Waals surface area contributed by atoms with Crippen LogP contribution in [0.1, 0.15) is 62.1 Å². The van der Waals surface area contributed by atoms with Crippen molar-refractivity contribution < 1.29 is 0 Å². The van der Waals surface area contributed by atoms with E-state index in [0.29, 0.717) is 0 Å². The summed E-state index contributed by atoms with van der Waals surface area (Å²) in [6, 6.07) is 8.91. The number of aromatic nitrogens is 1. The predicted octanol–water partition coefficient (Wildman–Crippen LogP) is 5.94. The highest BCUT2D eigenvalue weighted by Crippen LogP contribution is 2.29. The fraction of sp³-hybridized carbons (Fsp3) is 0.458. The maximum Gasteiger partial charge on any atom is 0.0713 e. The molecule has 0 fully saturated rings. The van der Waals surface area contributed by atoms with Gasteiger partial charge in [0.2, 0.25) is 0 Å². The number of hydrogen-bond acceptors (Lipinski definition) is 2. The molecule has 0 saturated carbocycles. The van der Waals surface area contributed by atoms with E-state index in [0.717, 1.165) is 43.7 Å². The second kappa shape index (κ2) is 9.68. The zero-order valence-corrected chi connectivity index (χ0v) is 17.4. The minimum atomic E-state index is 0.871. The molecule has 2 rings (SSSR count). The summed E-state index contributed by atoms with van der Waals surface area (Å²) in [5.74, 6) is 0. The second-order valence-corrected chi connectivity index (χ2v) is 7.11. The van der Waals surface area contributed by atoms with Crippen molar-refractivity contribution in [1.82, 2.24) is 10.3 Å². The maximum atomic E-state index is 5.00. The number of hydrogen-bond donors (Lipinski definition) is 1. The van der Waals surface area contributed by atoms with Crippen LogP contribution < -0.4 is 5.32 Å². The minimum Gasteiger partial charge on any atom is -0.309 e. The van der Waals surface area contributed by atoms with E-state index >= 15 is 0 Å². The van der Waals surface area contributed by atoms with Gasteiger partial charge in [0.25, 0.3) is 0 Å². The summed E-state index contributed by atoms with van der Waals surface area (Å²) in [5.41, 5.74) is 10.4. The predicted molar refractivity (Wildman–Crippen MR) is 114 cm³/mol. The first-order valence-electron chi connectivity index (χ1n) is 9.96. The van der Waals surface area contributed by atoms with Crippen LogP contribution in [-0.4, -0.2) is 11.5 Å². The van der Waals surface area contributed by atoms with Crippen molar-refractivity contribution in [2.24, 2.45) is 0 Å². The van der Waals surface area contributed by atoms with Crippen LogP contribution in [0.4, 0.5) is 0 Å². The highest BCUT2D eigenvalue weighted by atomic mass is 14.9. The number of aryl methyl sites for hydroxylation is 4. The minimum absolute atomic E-state index is 0.871. The van der Waals surface area contributed by atoms with Crippen LogP contribution in [0.2, 0.25) is 0 Å². The molecule has 2 nitrogen and oxygen atoms in total. The zero-order valence-electron chi connectivity index (χ0n) is 17.4. The van der Waals surface area contributed by atoms with Gasteiger partial charge in [0.15, 0.2) is 0 Å². The molecule has 0 aliphatic carbocycles. The van der Waals surface area contributed by atoms with Gasteiger partial charge in [-0.2, -0.15) is 0 Å². The van der Waals surface area contributed by atoms with E-state index in [1.54, 1.807) is 0 Å². The largest absolute Gasteiger partial charge is 0.309 e. The van der Waals surface area contributed by atoms with Crippen LogP contribution in [-0.2, 0) is 19.4 Å². The first-order chi connectivity index (χ1) is 12.5. The molecule has 0 radical (unpaired) electrons. The molecule has 1 N–H and O–H groups in total. The molecule has 1 heterocycles. The number of nitrogens with one attached hydrogen (secondary N) is 1. The Labute approximate surface area is 159 Å². The third kappa shape index (κ3) is 4.82. The molecule has 0 bridgehead atoms. The van der Waals surface area contributed by atoms with E-state index in [9.17, 15) is 0 Å². The first kappa shape index (κ1) is 20.4. The van der Waals surface area contributed by atoms with Gasteiger partial charge in [0.1, 0.15) is 0 Å². The van der Waals surface area contributed by atoms with E-state index in [1.807, 2.05) is 0 Å². The summed E-state index contributed by atoms with van der Waals surface area (Å²) in [7, 11) is 0. The molecule has 0 atom stereocenters. The normalized spacial score (nSPS) is 11.8. The molecule has 2 heteroatoms. The Morgan fingerprint density at radius 1 is 1.08 bits per heavy atom. The molecule has 1 aromatic carbocycles. The molecular formula is C24H34N2. The fourth-order valence-electron chi connectivity index (χ4n) is 3.63. The highest BCUT2D eigenvalue weighted by Gasteiger charge is 2.13. The van der Waals surface area contributed by atoms with E-state index in [4.69, 9.17) is 4.98 Å². The van der Waals surface area contributed by atoms with E-state index in [1.165, 1.54) is 33.4 Å². The number of allylic oxidation sites excluding steroid dienone is 1. The van der Waals surface area contributed by atoms with Gasteiger partial charge in [0, 0.05) is 24.3 Å². The Hall–Kier alpha value is -1.93. The molecule has 0 saturated heterocycles. The SMILES string of the molecule is CCC=C(C)CNCc1c(C)cc(-c2c(CC)cccc2CC)nc1C. The molecule has 2 aromatic rings. The Balaban J connectivity index is 2.32. The number of nitrogens with zero attached hydrogens (tertiary/aromatic N) is 1. The number of pyridine rings is 1. The molecule has 0 spiro atoms. The van der Waals surface area contributed by atoms with E-state index in [2.05, 4.69) is 77.2 Å². The lowest BCUT2D eigenvalue weighted by molar-refractivity contribution is 0.726.